The number of carbonyl (C=O) groups is 2. The number of aryl methyl sites for hydroxylation is 1. The van der Waals surface area contributed by atoms with Crippen molar-refractivity contribution in [3.63, 3.8) is 0 Å². The van der Waals surface area contributed by atoms with Gasteiger partial charge in [-0.2, -0.15) is 4.98 Å². The van der Waals surface area contributed by atoms with Crippen molar-refractivity contribution >= 4 is 34.6 Å². The maximum absolute atomic E-state index is 12.9. The number of esters is 1. The molecule has 180 valence electrons. The van der Waals surface area contributed by atoms with Gasteiger partial charge in [0.25, 0.3) is 5.91 Å². The van der Waals surface area contributed by atoms with E-state index in [9.17, 15) is 14.1 Å². The number of hydrogen-bond donors (Lipinski definition) is 1. The number of aromatic nitrogens is 4. The van der Waals surface area contributed by atoms with Crippen LogP contribution in [0.4, 0.5) is 5.69 Å². The highest BCUT2D eigenvalue weighted by molar-refractivity contribution is 7.89. The van der Waals surface area contributed by atoms with Gasteiger partial charge < -0.3 is 19.1 Å². The average Bonchev–Trinajstić information content (AvgIpc) is 3.47. The van der Waals surface area contributed by atoms with Crippen molar-refractivity contribution in [2.75, 3.05) is 31.3 Å². The van der Waals surface area contributed by atoms with E-state index < -0.39 is 17.3 Å². The van der Waals surface area contributed by atoms with Crippen molar-refractivity contribution in [1.82, 2.24) is 23.8 Å². The molecule has 0 radical (unpaired) electrons. The zero-order chi connectivity index (χ0) is 24.5. The molecule has 11 nitrogen and oxygen atoms in total. The number of methoxy groups -OCH3 is 1. The van der Waals surface area contributed by atoms with Crippen molar-refractivity contribution in [3.05, 3.63) is 65.9 Å². The van der Waals surface area contributed by atoms with E-state index in [1.807, 2.05) is 37.3 Å². The summed E-state index contributed by atoms with van der Waals surface area (Å²) in [7, 11) is 1.26. The molecule has 0 spiro atoms. The van der Waals surface area contributed by atoms with E-state index in [1.165, 1.54) is 13.3 Å². The molecular weight excluding hydrogens is 472 g/mol. The molecule has 1 aliphatic rings. The van der Waals surface area contributed by atoms with Gasteiger partial charge >= 0.3 is 5.97 Å². The first-order chi connectivity index (χ1) is 16.9. The molecule has 4 aromatic rings. The quantitative estimate of drug-likeness (QED) is 0.303. The molecule has 1 saturated heterocycles. The highest BCUT2D eigenvalue weighted by atomic mass is 32.2. The van der Waals surface area contributed by atoms with Crippen LogP contribution in [0.5, 0.6) is 0 Å². The molecule has 0 saturated carbocycles. The summed E-state index contributed by atoms with van der Waals surface area (Å²) in [6.07, 6.45) is 3.32. The largest absolute Gasteiger partial charge is 0.597 e. The summed E-state index contributed by atoms with van der Waals surface area (Å²) in [6, 6.07) is 11.0. The number of carbonyl (C=O) groups excluding carboxylic acids is 2. The third-order valence-electron chi connectivity index (χ3n) is 5.79. The fourth-order valence-corrected chi connectivity index (χ4v) is 4.91. The number of rotatable bonds is 7. The molecule has 12 heteroatoms. The maximum atomic E-state index is 12.9. The molecule has 1 N–H and O–H groups in total. The lowest BCUT2D eigenvalue weighted by Crippen LogP contribution is -2.50. The summed E-state index contributed by atoms with van der Waals surface area (Å²) in [5.74, 6) is -0.228. The summed E-state index contributed by atoms with van der Waals surface area (Å²) in [5, 5.41) is 7.02. The van der Waals surface area contributed by atoms with Crippen molar-refractivity contribution in [2.24, 2.45) is 0 Å². The van der Waals surface area contributed by atoms with Crippen LogP contribution in [0.25, 0.3) is 17.0 Å². The molecular formula is C23H22N6O5S. The minimum atomic E-state index is -1.44. The van der Waals surface area contributed by atoms with E-state index in [0.29, 0.717) is 47.4 Å². The predicted octanol–water partition coefficient (Wildman–Crippen LogP) is 2.18. The number of imidazole rings is 1. The van der Waals surface area contributed by atoms with Gasteiger partial charge in [0.05, 0.1) is 43.7 Å². The number of pyridine rings is 1. The number of ether oxygens (including phenoxy) is 1. The second kappa shape index (κ2) is 9.49. The van der Waals surface area contributed by atoms with Gasteiger partial charge in [-0.25, -0.2) is 9.78 Å². The van der Waals surface area contributed by atoms with Crippen LogP contribution < -0.4 is 5.32 Å². The Kier molecular flexibility index (Phi) is 6.24. The van der Waals surface area contributed by atoms with E-state index in [2.05, 4.69) is 25.2 Å². The Bertz CT molecular complexity index is 1400. The van der Waals surface area contributed by atoms with E-state index >= 15 is 0 Å². The number of nitrogens with one attached hydrogen (secondary N) is 1. The van der Waals surface area contributed by atoms with Crippen molar-refractivity contribution in [2.45, 2.75) is 12.8 Å². The summed E-state index contributed by atoms with van der Waals surface area (Å²) in [6.45, 7) is 2.78. The molecule has 1 unspecified atom stereocenters. The average molecular weight is 495 g/mol. The Morgan fingerprint density at radius 1 is 1.29 bits per heavy atom. The van der Waals surface area contributed by atoms with E-state index in [-0.39, 0.29) is 17.6 Å². The normalized spacial score (nSPS) is 15.1. The van der Waals surface area contributed by atoms with Crippen LogP contribution in [0.2, 0.25) is 0 Å². The second-order valence-electron chi connectivity index (χ2n) is 8.10. The minimum absolute atomic E-state index is 0.0717. The minimum Gasteiger partial charge on any atom is -0.597 e. The first-order valence-electron chi connectivity index (χ1n) is 10.8. The molecule has 1 amide bonds. The van der Waals surface area contributed by atoms with Crippen LogP contribution in [-0.4, -0.2) is 66.2 Å². The van der Waals surface area contributed by atoms with Gasteiger partial charge in [0.2, 0.25) is 17.5 Å². The van der Waals surface area contributed by atoms with Crippen LogP contribution in [0.3, 0.4) is 0 Å². The van der Waals surface area contributed by atoms with Crippen LogP contribution in [0, 0.1) is 6.92 Å². The standard InChI is InChI=1S/C23H22N6O5S/c1-14-6-7-15(9-17(14)25-22(31)18-10-24-19-5-3-4-8-29(18)19)21-26-23(34-27-21)16-11-28(12-16)35(32)13-20(30)33-2/h3-10,16H,11-13H2,1-2H3,(H,25,31). The van der Waals surface area contributed by atoms with E-state index in [4.69, 9.17) is 4.52 Å². The van der Waals surface area contributed by atoms with E-state index in [0.717, 1.165) is 5.56 Å². The number of hydrogen-bond acceptors (Lipinski definition) is 9. The molecule has 3 aromatic heterocycles. The van der Waals surface area contributed by atoms with Crippen LogP contribution in [-0.2, 0) is 20.9 Å². The van der Waals surface area contributed by atoms with Gasteiger partial charge in [-0.15, -0.1) is 4.31 Å². The fraction of sp³-hybridized carbons (Fsp3) is 0.261. The van der Waals surface area contributed by atoms with Gasteiger partial charge in [-0.3, -0.25) is 9.20 Å². The van der Waals surface area contributed by atoms with Gasteiger partial charge in [-0.1, -0.05) is 23.4 Å². The monoisotopic (exact) mass is 494 g/mol. The lowest BCUT2D eigenvalue weighted by molar-refractivity contribution is -0.137. The molecule has 0 aliphatic carbocycles. The van der Waals surface area contributed by atoms with Gasteiger partial charge in [0, 0.05) is 17.4 Å². The van der Waals surface area contributed by atoms with Crippen LogP contribution in [0.1, 0.15) is 27.9 Å². The Balaban J connectivity index is 1.27. The Morgan fingerprint density at radius 3 is 2.91 bits per heavy atom. The number of fused-ring (bicyclic) bond motifs is 1. The number of nitrogens with zero attached hydrogens (tertiary/aromatic N) is 5. The Morgan fingerprint density at radius 2 is 2.11 bits per heavy atom. The molecule has 0 bridgehead atoms. The maximum Gasteiger partial charge on any atom is 0.358 e. The molecule has 35 heavy (non-hydrogen) atoms. The lowest BCUT2D eigenvalue weighted by Gasteiger charge is -2.35. The molecule has 5 rings (SSSR count). The summed E-state index contributed by atoms with van der Waals surface area (Å²) in [4.78, 5) is 33.0. The molecule has 1 aromatic carbocycles. The van der Waals surface area contributed by atoms with Crippen molar-refractivity contribution in [1.29, 1.82) is 0 Å². The summed E-state index contributed by atoms with van der Waals surface area (Å²) < 4.78 is 25.5. The first kappa shape index (κ1) is 23.0. The Labute approximate surface area is 203 Å². The van der Waals surface area contributed by atoms with Crippen LogP contribution >= 0.6 is 0 Å². The van der Waals surface area contributed by atoms with Gasteiger partial charge in [0.1, 0.15) is 11.3 Å². The number of benzene rings is 1. The third kappa shape index (κ3) is 4.63. The smallest absolute Gasteiger partial charge is 0.358 e. The van der Waals surface area contributed by atoms with Gasteiger partial charge in [0.15, 0.2) is 0 Å². The van der Waals surface area contributed by atoms with Crippen LogP contribution in [0.15, 0.2) is 53.3 Å². The Hall–Kier alpha value is -3.74. The summed E-state index contributed by atoms with van der Waals surface area (Å²) in [5.41, 5.74) is 3.29. The number of amides is 1. The highest BCUT2D eigenvalue weighted by Crippen LogP contribution is 2.31. The molecule has 1 fully saturated rings. The van der Waals surface area contributed by atoms with Crippen molar-refractivity contribution < 1.29 is 23.4 Å². The van der Waals surface area contributed by atoms with Crippen molar-refractivity contribution in [3.8, 4) is 11.4 Å². The molecule has 1 aliphatic heterocycles. The van der Waals surface area contributed by atoms with Gasteiger partial charge in [-0.05, 0) is 30.7 Å². The zero-order valence-electron chi connectivity index (χ0n) is 19.0. The fourth-order valence-electron chi connectivity index (χ4n) is 3.71. The predicted molar refractivity (Wildman–Crippen MR) is 127 cm³/mol. The SMILES string of the molecule is COC(=O)C[S+]([O-])N1CC(c2nc(-c3ccc(C)c(NC(=O)c4cnc5ccccn45)c3)no2)C1. The zero-order valence-corrected chi connectivity index (χ0v) is 19.8. The molecule has 1 atom stereocenters. The second-order valence-corrected chi connectivity index (χ2v) is 9.55. The van der Waals surface area contributed by atoms with E-state index in [1.54, 1.807) is 21.0 Å². The number of anilines is 1. The highest BCUT2D eigenvalue weighted by Gasteiger charge is 2.40. The first-order valence-corrected chi connectivity index (χ1v) is 12.1. The summed E-state index contributed by atoms with van der Waals surface area (Å²) >= 11 is -1.44. The third-order valence-corrected chi connectivity index (χ3v) is 7.15. The molecule has 4 heterocycles. The topological polar surface area (TPSA) is 138 Å². The lowest BCUT2D eigenvalue weighted by atomic mass is 10.0.